The van der Waals surface area contributed by atoms with Gasteiger partial charge >= 0.3 is 0 Å². The third-order valence-electron chi connectivity index (χ3n) is 5.59. The predicted molar refractivity (Wildman–Crippen MR) is 116 cm³/mol. The van der Waals surface area contributed by atoms with Crippen molar-refractivity contribution in [3.8, 4) is 0 Å². The van der Waals surface area contributed by atoms with Crippen LogP contribution in [-0.2, 0) is 6.42 Å². The minimum absolute atomic E-state index is 0.0372. The van der Waals surface area contributed by atoms with Crippen molar-refractivity contribution in [1.82, 2.24) is 20.0 Å². The topological polar surface area (TPSA) is 89.5 Å². The number of aromatic amines is 1. The molecule has 8 heteroatoms. The standard InChI is InChI=1S/C23H25FN4O3/c1-15(29)14-27-8-10-28(11-9-27)23(31)19-12-16(6-7-20(19)24)13-21-17-4-2-3-5-18(17)22(30)26-25-21/h2-7,12,15,29H,8-11,13-14H2,1H3,(H,26,30). The van der Waals surface area contributed by atoms with Crippen LogP contribution in [0.4, 0.5) is 4.39 Å². The molecule has 1 fully saturated rings. The first-order chi connectivity index (χ1) is 14.9. The van der Waals surface area contributed by atoms with Crippen molar-refractivity contribution in [2.75, 3.05) is 32.7 Å². The average molecular weight is 424 g/mol. The van der Waals surface area contributed by atoms with Gasteiger partial charge in [-0.1, -0.05) is 24.3 Å². The van der Waals surface area contributed by atoms with E-state index in [0.717, 1.165) is 10.9 Å². The minimum Gasteiger partial charge on any atom is -0.392 e. The molecule has 2 heterocycles. The fourth-order valence-corrected chi connectivity index (χ4v) is 4.02. The molecule has 0 saturated carbocycles. The quantitative estimate of drug-likeness (QED) is 0.652. The van der Waals surface area contributed by atoms with Crippen molar-refractivity contribution in [2.24, 2.45) is 0 Å². The van der Waals surface area contributed by atoms with Gasteiger partial charge in [-0.2, -0.15) is 5.10 Å². The lowest BCUT2D eigenvalue weighted by molar-refractivity contribution is 0.0550. The molecule has 0 bridgehead atoms. The predicted octanol–water partition coefficient (Wildman–Crippen LogP) is 1.79. The van der Waals surface area contributed by atoms with Crippen LogP contribution in [0, 0.1) is 5.82 Å². The third kappa shape index (κ3) is 4.65. The van der Waals surface area contributed by atoms with Crippen LogP contribution in [-0.4, -0.2) is 69.8 Å². The van der Waals surface area contributed by atoms with Crippen molar-refractivity contribution in [2.45, 2.75) is 19.4 Å². The number of hydrogen-bond donors (Lipinski definition) is 2. The Labute approximate surface area is 179 Å². The van der Waals surface area contributed by atoms with Crippen LogP contribution < -0.4 is 5.56 Å². The summed E-state index contributed by atoms with van der Waals surface area (Å²) < 4.78 is 14.5. The van der Waals surface area contributed by atoms with Gasteiger partial charge < -0.3 is 10.0 Å². The Hall–Kier alpha value is -3.10. The Bertz CT molecular complexity index is 1150. The second-order valence-corrected chi connectivity index (χ2v) is 7.98. The number of aromatic nitrogens is 2. The summed E-state index contributed by atoms with van der Waals surface area (Å²) in [7, 11) is 0. The number of fused-ring (bicyclic) bond motifs is 1. The van der Waals surface area contributed by atoms with Gasteiger partial charge in [-0.3, -0.25) is 14.5 Å². The highest BCUT2D eigenvalue weighted by Gasteiger charge is 2.25. The molecule has 1 amide bonds. The summed E-state index contributed by atoms with van der Waals surface area (Å²) in [4.78, 5) is 28.7. The van der Waals surface area contributed by atoms with E-state index in [0.29, 0.717) is 50.2 Å². The second-order valence-electron chi connectivity index (χ2n) is 7.98. The van der Waals surface area contributed by atoms with Gasteiger partial charge in [0.1, 0.15) is 5.82 Å². The summed E-state index contributed by atoms with van der Waals surface area (Å²) in [5.74, 6) is -0.894. The molecular formula is C23H25FN4O3. The molecule has 0 radical (unpaired) electrons. The van der Waals surface area contributed by atoms with E-state index in [4.69, 9.17) is 0 Å². The molecule has 162 valence electrons. The first-order valence-corrected chi connectivity index (χ1v) is 10.4. The van der Waals surface area contributed by atoms with E-state index in [1.807, 2.05) is 12.1 Å². The summed E-state index contributed by atoms with van der Waals surface area (Å²) >= 11 is 0. The van der Waals surface area contributed by atoms with Gasteiger partial charge in [-0.25, -0.2) is 9.49 Å². The number of nitrogens with one attached hydrogen (secondary N) is 1. The van der Waals surface area contributed by atoms with Gasteiger partial charge in [0.2, 0.25) is 0 Å². The van der Waals surface area contributed by atoms with E-state index in [1.165, 1.54) is 6.07 Å². The van der Waals surface area contributed by atoms with Crippen molar-refractivity contribution in [1.29, 1.82) is 0 Å². The van der Waals surface area contributed by atoms with Crippen LogP contribution in [0.2, 0.25) is 0 Å². The molecule has 7 nitrogen and oxygen atoms in total. The fourth-order valence-electron chi connectivity index (χ4n) is 4.02. The molecule has 0 spiro atoms. The maximum Gasteiger partial charge on any atom is 0.272 e. The number of carbonyl (C=O) groups excluding carboxylic acids is 1. The minimum atomic E-state index is -0.556. The Morgan fingerprint density at radius 3 is 2.58 bits per heavy atom. The number of benzene rings is 2. The third-order valence-corrected chi connectivity index (χ3v) is 5.59. The van der Waals surface area contributed by atoms with Crippen LogP contribution in [0.1, 0.15) is 28.5 Å². The highest BCUT2D eigenvalue weighted by atomic mass is 19.1. The number of rotatable bonds is 5. The van der Waals surface area contributed by atoms with E-state index < -0.39 is 11.9 Å². The van der Waals surface area contributed by atoms with Crippen LogP contribution in [0.3, 0.4) is 0 Å². The molecule has 1 saturated heterocycles. The lowest BCUT2D eigenvalue weighted by atomic mass is 10.0. The smallest absolute Gasteiger partial charge is 0.272 e. The number of carbonyl (C=O) groups is 1. The molecule has 2 N–H and O–H groups in total. The number of aliphatic hydroxyl groups excluding tert-OH is 1. The van der Waals surface area contributed by atoms with Gasteiger partial charge in [0.15, 0.2) is 0 Å². The van der Waals surface area contributed by atoms with Crippen molar-refractivity contribution in [3.05, 3.63) is 75.5 Å². The monoisotopic (exact) mass is 424 g/mol. The Kier molecular flexibility index (Phi) is 6.11. The molecule has 1 unspecified atom stereocenters. The second kappa shape index (κ2) is 8.95. The molecule has 1 aromatic heterocycles. The number of halogens is 1. The molecule has 1 aliphatic rings. The molecule has 1 atom stereocenters. The largest absolute Gasteiger partial charge is 0.392 e. The van der Waals surface area contributed by atoms with E-state index >= 15 is 0 Å². The zero-order valence-electron chi connectivity index (χ0n) is 17.3. The summed E-state index contributed by atoms with van der Waals surface area (Å²) in [5.41, 5.74) is 1.17. The van der Waals surface area contributed by atoms with Crippen LogP contribution in [0.5, 0.6) is 0 Å². The van der Waals surface area contributed by atoms with Crippen LogP contribution in [0.25, 0.3) is 10.8 Å². The maximum absolute atomic E-state index is 14.5. The van der Waals surface area contributed by atoms with Gasteiger partial charge in [0.05, 0.1) is 22.7 Å². The summed E-state index contributed by atoms with van der Waals surface area (Å²) in [5, 5.41) is 17.5. The van der Waals surface area contributed by atoms with Gasteiger partial charge in [0, 0.05) is 44.5 Å². The first kappa shape index (κ1) is 21.1. The van der Waals surface area contributed by atoms with Crippen molar-refractivity contribution in [3.63, 3.8) is 0 Å². The van der Waals surface area contributed by atoms with Gasteiger partial charge in [-0.15, -0.1) is 0 Å². The summed E-state index contributed by atoms with van der Waals surface area (Å²) in [6, 6.07) is 11.7. The zero-order chi connectivity index (χ0) is 22.0. The van der Waals surface area contributed by atoms with Gasteiger partial charge in [-0.05, 0) is 30.7 Å². The van der Waals surface area contributed by atoms with Crippen LogP contribution in [0.15, 0.2) is 47.3 Å². The number of piperazine rings is 1. The Balaban J connectivity index is 1.54. The molecule has 4 rings (SSSR count). The first-order valence-electron chi connectivity index (χ1n) is 10.4. The number of nitrogens with zero attached hydrogens (tertiary/aromatic N) is 3. The van der Waals surface area contributed by atoms with Gasteiger partial charge in [0.25, 0.3) is 11.5 Å². The van der Waals surface area contributed by atoms with E-state index in [1.54, 1.807) is 36.1 Å². The molecule has 1 aliphatic heterocycles. The lowest BCUT2D eigenvalue weighted by Crippen LogP contribution is -2.50. The average Bonchev–Trinajstić information content (AvgIpc) is 2.77. The normalized spacial score (nSPS) is 15.9. The highest BCUT2D eigenvalue weighted by Crippen LogP contribution is 2.20. The molecular weight excluding hydrogens is 399 g/mol. The van der Waals surface area contributed by atoms with E-state index in [2.05, 4.69) is 15.1 Å². The zero-order valence-corrected chi connectivity index (χ0v) is 17.3. The summed E-state index contributed by atoms with van der Waals surface area (Å²) in [6.07, 6.45) is -0.0611. The fraction of sp³-hybridized carbons (Fsp3) is 0.348. The summed E-state index contributed by atoms with van der Waals surface area (Å²) in [6.45, 7) is 4.56. The number of β-amino-alcohol motifs (C(OH)–C–C–N with tert-alkyl or cyclic N) is 1. The highest BCUT2D eigenvalue weighted by molar-refractivity contribution is 5.95. The number of aliphatic hydroxyl groups is 1. The lowest BCUT2D eigenvalue weighted by Gasteiger charge is -2.35. The molecule has 2 aromatic carbocycles. The molecule has 3 aromatic rings. The van der Waals surface area contributed by atoms with Crippen molar-refractivity contribution < 1.29 is 14.3 Å². The molecule has 31 heavy (non-hydrogen) atoms. The maximum atomic E-state index is 14.5. The SMILES string of the molecule is CC(O)CN1CCN(C(=O)c2cc(Cc3n[nH]c(=O)c4ccccc34)ccc2F)CC1. The number of H-pyrrole nitrogens is 1. The van der Waals surface area contributed by atoms with Crippen molar-refractivity contribution >= 4 is 16.7 Å². The molecule has 0 aliphatic carbocycles. The number of amides is 1. The van der Waals surface area contributed by atoms with E-state index in [9.17, 15) is 19.1 Å². The Morgan fingerprint density at radius 2 is 1.87 bits per heavy atom. The Morgan fingerprint density at radius 1 is 1.16 bits per heavy atom. The van der Waals surface area contributed by atoms with E-state index in [-0.39, 0.29) is 17.0 Å². The van der Waals surface area contributed by atoms with Crippen LogP contribution >= 0.6 is 0 Å². The number of hydrogen-bond acceptors (Lipinski definition) is 5.